The van der Waals surface area contributed by atoms with Gasteiger partial charge >= 0.3 is 5.69 Å². The van der Waals surface area contributed by atoms with Gasteiger partial charge in [0.25, 0.3) is 0 Å². The van der Waals surface area contributed by atoms with Crippen LogP contribution in [0.2, 0.25) is 0 Å². The van der Waals surface area contributed by atoms with Gasteiger partial charge in [0.2, 0.25) is 15.7 Å². The number of anilines is 1. The Morgan fingerprint density at radius 3 is 2.68 bits per heavy atom. The Bertz CT molecular complexity index is 622. The van der Waals surface area contributed by atoms with E-state index in [0.717, 1.165) is 12.3 Å². The minimum Gasteiger partial charge on any atom is -0.369 e. The third-order valence-corrected chi connectivity index (χ3v) is 2.70. The number of nitrogens with zero attached hydrogens (tertiary/aromatic N) is 3. The molecule has 0 atom stereocenters. The second kappa shape index (κ2) is 6.07. The van der Waals surface area contributed by atoms with Crippen LogP contribution < -0.4 is 10.0 Å². The Hall–Kier alpha value is -2.25. The monoisotopic (exact) mass is 285 g/mol. The summed E-state index contributed by atoms with van der Waals surface area (Å²) < 4.78 is 23.8. The van der Waals surface area contributed by atoms with E-state index in [1.54, 1.807) is 6.07 Å². The summed E-state index contributed by atoms with van der Waals surface area (Å²) in [6.07, 6.45) is 1.03. The Morgan fingerprint density at radius 1 is 1.47 bits per heavy atom. The van der Waals surface area contributed by atoms with Gasteiger partial charge < -0.3 is 5.32 Å². The fourth-order valence-corrected chi connectivity index (χ4v) is 1.68. The smallest absolute Gasteiger partial charge is 0.305 e. The average Bonchev–Trinajstić information content (AvgIpc) is 2.33. The lowest BCUT2D eigenvalue weighted by Gasteiger charge is -2.06. The molecule has 0 aliphatic heterocycles. The highest BCUT2D eigenvalue weighted by molar-refractivity contribution is 7.88. The minimum atomic E-state index is -3.26. The van der Waals surface area contributed by atoms with Gasteiger partial charge in [-0.1, -0.05) is 0 Å². The summed E-state index contributed by atoms with van der Waals surface area (Å²) in [5, 5.41) is 22.1. The maximum absolute atomic E-state index is 10.8. The molecule has 0 aliphatic rings. The summed E-state index contributed by atoms with van der Waals surface area (Å²) in [6, 6.07) is 4.14. The van der Waals surface area contributed by atoms with Crippen molar-refractivity contribution in [2.45, 2.75) is 0 Å². The van der Waals surface area contributed by atoms with Gasteiger partial charge in [-0.25, -0.2) is 18.1 Å². The number of hydrogen-bond donors (Lipinski definition) is 2. The van der Waals surface area contributed by atoms with Crippen LogP contribution >= 0.6 is 0 Å². The van der Waals surface area contributed by atoms with Gasteiger partial charge in [-0.3, -0.25) is 10.1 Å². The number of hydrogen-bond acceptors (Lipinski definition) is 7. The van der Waals surface area contributed by atoms with Gasteiger partial charge in [0, 0.05) is 19.2 Å². The standard InChI is InChI=1S/C9H11N5O4S/c1-19(17,18)12-5-4-11-9-3-2-8(14(15)16)7(6-10)13-9/h2-3,12H,4-5H2,1H3,(H,11,13). The summed E-state index contributed by atoms with van der Waals surface area (Å²) >= 11 is 0. The van der Waals surface area contributed by atoms with Crippen LogP contribution in [-0.2, 0) is 10.0 Å². The predicted molar refractivity (Wildman–Crippen MR) is 66.9 cm³/mol. The Labute approximate surface area is 109 Å². The van der Waals surface area contributed by atoms with Crippen molar-refractivity contribution in [3.63, 3.8) is 0 Å². The van der Waals surface area contributed by atoms with Crippen molar-refractivity contribution in [1.82, 2.24) is 9.71 Å². The molecule has 1 aromatic rings. The molecule has 9 nitrogen and oxygen atoms in total. The molecule has 2 N–H and O–H groups in total. The van der Waals surface area contributed by atoms with Crippen LogP contribution in [0, 0.1) is 21.4 Å². The molecule has 0 saturated carbocycles. The Balaban J connectivity index is 2.66. The Kier molecular flexibility index (Phi) is 4.74. The number of nitro groups is 1. The molecular weight excluding hydrogens is 274 g/mol. The summed E-state index contributed by atoms with van der Waals surface area (Å²) in [7, 11) is -3.26. The largest absolute Gasteiger partial charge is 0.369 e. The molecule has 0 radical (unpaired) electrons. The maximum Gasteiger partial charge on any atom is 0.305 e. The van der Waals surface area contributed by atoms with Gasteiger partial charge in [-0.05, 0) is 6.07 Å². The van der Waals surface area contributed by atoms with E-state index in [-0.39, 0.29) is 30.3 Å². The van der Waals surface area contributed by atoms with Crippen LogP contribution in [0.25, 0.3) is 0 Å². The molecule has 0 spiro atoms. The fourth-order valence-electron chi connectivity index (χ4n) is 1.21. The van der Waals surface area contributed by atoms with Crippen molar-refractivity contribution >= 4 is 21.5 Å². The summed E-state index contributed by atoms with van der Waals surface area (Å²) in [6.45, 7) is 0.377. The van der Waals surface area contributed by atoms with Crippen molar-refractivity contribution in [3.8, 4) is 6.07 Å². The van der Waals surface area contributed by atoms with Crippen molar-refractivity contribution < 1.29 is 13.3 Å². The Morgan fingerprint density at radius 2 is 2.16 bits per heavy atom. The molecule has 0 aliphatic carbocycles. The fraction of sp³-hybridized carbons (Fsp3) is 0.333. The van der Waals surface area contributed by atoms with Crippen LogP contribution in [-0.4, -0.2) is 37.7 Å². The number of nitriles is 1. The van der Waals surface area contributed by atoms with Crippen LogP contribution in [0.3, 0.4) is 0 Å². The average molecular weight is 285 g/mol. The second-order valence-corrected chi connectivity index (χ2v) is 5.36. The number of pyridine rings is 1. The molecular formula is C9H11N5O4S. The zero-order valence-corrected chi connectivity index (χ0v) is 10.8. The van der Waals surface area contributed by atoms with E-state index >= 15 is 0 Å². The van der Waals surface area contributed by atoms with Gasteiger partial charge in [-0.2, -0.15) is 5.26 Å². The third kappa shape index (κ3) is 4.86. The lowest BCUT2D eigenvalue weighted by Crippen LogP contribution is -2.27. The normalized spacial score (nSPS) is 10.7. The van der Waals surface area contributed by atoms with Crippen LogP contribution in [0.5, 0.6) is 0 Å². The van der Waals surface area contributed by atoms with Crippen molar-refractivity contribution in [2.75, 3.05) is 24.7 Å². The first-order chi connectivity index (χ1) is 8.83. The second-order valence-electron chi connectivity index (χ2n) is 3.53. The van der Waals surface area contributed by atoms with Gasteiger partial charge in [0.15, 0.2) is 0 Å². The first kappa shape index (κ1) is 14.8. The molecule has 102 valence electrons. The summed E-state index contributed by atoms with van der Waals surface area (Å²) in [4.78, 5) is 13.6. The number of rotatable bonds is 6. The molecule has 0 bridgehead atoms. The summed E-state index contributed by atoms with van der Waals surface area (Å²) in [5.74, 6) is 0.262. The van der Waals surface area contributed by atoms with E-state index in [1.807, 2.05) is 0 Å². The van der Waals surface area contributed by atoms with Crippen LogP contribution in [0.1, 0.15) is 5.69 Å². The molecule has 0 fully saturated rings. The first-order valence-corrected chi connectivity index (χ1v) is 6.96. The minimum absolute atomic E-state index is 0.138. The quantitative estimate of drug-likeness (QED) is 0.420. The number of nitrogens with one attached hydrogen (secondary N) is 2. The van der Waals surface area contributed by atoms with Crippen molar-refractivity contribution in [2.24, 2.45) is 0 Å². The van der Waals surface area contributed by atoms with Crippen LogP contribution in [0.15, 0.2) is 12.1 Å². The number of aromatic nitrogens is 1. The zero-order valence-electron chi connectivity index (χ0n) is 9.95. The van der Waals surface area contributed by atoms with Crippen molar-refractivity contribution in [3.05, 3.63) is 27.9 Å². The molecule has 10 heteroatoms. The van der Waals surface area contributed by atoms with Crippen molar-refractivity contribution in [1.29, 1.82) is 5.26 Å². The van der Waals surface area contributed by atoms with E-state index in [4.69, 9.17) is 5.26 Å². The van der Waals surface area contributed by atoms with E-state index < -0.39 is 14.9 Å². The SMILES string of the molecule is CS(=O)(=O)NCCNc1ccc([N+](=O)[O-])c(C#N)n1. The maximum atomic E-state index is 10.8. The molecule has 1 aromatic heterocycles. The molecule has 1 rings (SSSR count). The molecule has 0 aromatic carbocycles. The van der Waals surface area contributed by atoms with Gasteiger partial charge in [-0.15, -0.1) is 0 Å². The van der Waals surface area contributed by atoms with Gasteiger partial charge in [0.1, 0.15) is 11.9 Å². The predicted octanol–water partition coefficient (Wildman–Crippen LogP) is -0.177. The topological polar surface area (TPSA) is 138 Å². The van der Waals surface area contributed by atoms with E-state index in [1.165, 1.54) is 6.07 Å². The lowest BCUT2D eigenvalue weighted by molar-refractivity contribution is -0.385. The van der Waals surface area contributed by atoms with Gasteiger partial charge in [0.05, 0.1) is 11.2 Å². The molecule has 1 heterocycles. The van der Waals surface area contributed by atoms with Crippen LogP contribution in [0.4, 0.5) is 11.5 Å². The molecule has 0 unspecified atom stereocenters. The highest BCUT2D eigenvalue weighted by Gasteiger charge is 2.15. The third-order valence-electron chi connectivity index (χ3n) is 1.97. The summed E-state index contributed by atoms with van der Waals surface area (Å²) in [5.41, 5.74) is -0.673. The highest BCUT2D eigenvalue weighted by atomic mass is 32.2. The van der Waals surface area contributed by atoms with E-state index in [9.17, 15) is 18.5 Å². The molecule has 0 amide bonds. The molecule has 19 heavy (non-hydrogen) atoms. The van der Waals surface area contributed by atoms with E-state index in [0.29, 0.717) is 0 Å². The first-order valence-electron chi connectivity index (χ1n) is 5.07. The van der Waals surface area contributed by atoms with E-state index in [2.05, 4.69) is 15.0 Å². The zero-order chi connectivity index (χ0) is 14.5. The lowest BCUT2D eigenvalue weighted by atomic mass is 10.3. The number of sulfonamides is 1. The molecule has 0 saturated heterocycles. The highest BCUT2D eigenvalue weighted by Crippen LogP contribution is 2.17.